The Bertz CT molecular complexity index is 425. The van der Waals surface area contributed by atoms with Crippen molar-refractivity contribution < 1.29 is 23.9 Å². The molecular formula is C17H26O5. The third kappa shape index (κ3) is 6.87. The SMILES string of the molecule is CCOC(=O)CCCCCCC1=CC(OC(=O)CC)CC1=O. The van der Waals surface area contributed by atoms with Crippen LogP contribution in [0.4, 0.5) is 0 Å². The van der Waals surface area contributed by atoms with Crippen molar-refractivity contribution >= 4 is 17.7 Å². The van der Waals surface area contributed by atoms with E-state index in [4.69, 9.17) is 9.47 Å². The van der Waals surface area contributed by atoms with Gasteiger partial charge in [0.1, 0.15) is 6.10 Å². The zero-order valence-electron chi connectivity index (χ0n) is 13.6. The van der Waals surface area contributed by atoms with E-state index in [1.165, 1.54) is 0 Å². The Kier molecular flexibility index (Phi) is 8.48. The molecule has 0 spiro atoms. The number of ketones is 1. The Morgan fingerprint density at radius 1 is 1.14 bits per heavy atom. The highest BCUT2D eigenvalue weighted by Crippen LogP contribution is 2.23. The summed E-state index contributed by atoms with van der Waals surface area (Å²) in [5.74, 6) is -0.327. The van der Waals surface area contributed by atoms with Gasteiger partial charge in [-0.05, 0) is 37.8 Å². The molecule has 5 heteroatoms. The fourth-order valence-electron chi connectivity index (χ4n) is 2.41. The minimum absolute atomic E-state index is 0.0837. The maximum Gasteiger partial charge on any atom is 0.306 e. The quantitative estimate of drug-likeness (QED) is 0.458. The number of carbonyl (C=O) groups excluding carboxylic acids is 3. The van der Waals surface area contributed by atoms with Crippen molar-refractivity contribution in [2.45, 2.75) is 71.3 Å². The lowest BCUT2D eigenvalue weighted by Gasteiger charge is -2.06. The second-order valence-corrected chi connectivity index (χ2v) is 5.42. The number of rotatable bonds is 10. The van der Waals surface area contributed by atoms with E-state index in [1.807, 2.05) is 0 Å². The summed E-state index contributed by atoms with van der Waals surface area (Å²) in [4.78, 5) is 34.2. The number of Topliss-reactive ketones (excluding diaryl/α,β-unsaturated/α-hetero) is 1. The van der Waals surface area contributed by atoms with Crippen molar-refractivity contribution in [1.82, 2.24) is 0 Å². The van der Waals surface area contributed by atoms with Crippen LogP contribution in [0.2, 0.25) is 0 Å². The molecular weight excluding hydrogens is 284 g/mol. The van der Waals surface area contributed by atoms with Crippen molar-refractivity contribution in [1.29, 1.82) is 0 Å². The molecule has 1 rings (SSSR count). The van der Waals surface area contributed by atoms with Crippen LogP contribution in [0, 0.1) is 0 Å². The van der Waals surface area contributed by atoms with E-state index in [0.29, 0.717) is 19.4 Å². The Hall–Kier alpha value is -1.65. The van der Waals surface area contributed by atoms with Crippen LogP contribution in [-0.2, 0) is 23.9 Å². The van der Waals surface area contributed by atoms with Gasteiger partial charge in [0.25, 0.3) is 0 Å². The Balaban J connectivity index is 2.16. The smallest absolute Gasteiger partial charge is 0.306 e. The van der Waals surface area contributed by atoms with Crippen molar-refractivity contribution in [3.05, 3.63) is 11.6 Å². The third-order valence-corrected chi connectivity index (χ3v) is 3.59. The second-order valence-electron chi connectivity index (χ2n) is 5.42. The Morgan fingerprint density at radius 2 is 1.86 bits per heavy atom. The van der Waals surface area contributed by atoms with Crippen LogP contribution in [0.15, 0.2) is 11.6 Å². The van der Waals surface area contributed by atoms with Crippen LogP contribution < -0.4 is 0 Å². The first kappa shape index (κ1) is 18.4. The minimum atomic E-state index is -0.376. The summed E-state index contributed by atoms with van der Waals surface area (Å²) in [6.45, 7) is 3.97. The highest BCUT2D eigenvalue weighted by Gasteiger charge is 2.25. The monoisotopic (exact) mass is 310 g/mol. The lowest BCUT2D eigenvalue weighted by molar-refractivity contribution is -0.147. The topological polar surface area (TPSA) is 69.7 Å². The standard InChI is InChI=1S/C17H26O5/c1-3-16(19)22-14-11-13(15(18)12-14)9-7-5-6-8-10-17(20)21-4-2/h11,14H,3-10,12H2,1-2H3. The summed E-state index contributed by atoms with van der Waals surface area (Å²) < 4.78 is 10.0. The van der Waals surface area contributed by atoms with Gasteiger partial charge in [0.15, 0.2) is 5.78 Å². The van der Waals surface area contributed by atoms with Gasteiger partial charge < -0.3 is 9.47 Å². The van der Waals surface area contributed by atoms with E-state index in [1.54, 1.807) is 19.9 Å². The van der Waals surface area contributed by atoms with Crippen LogP contribution in [0.1, 0.15) is 65.2 Å². The summed E-state index contributed by atoms with van der Waals surface area (Å²) >= 11 is 0. The molecule has 1 unspecified atom stereocenters. The zero-order valence-corrected chi connectivity index (χ0v) is 13.6. The predicted molar refractivity (Wildman–Crippen MR) is 82.2 cm³/mol. The minimum Gasteiger partial charge on any atom is -0.466 e. The molecule has 0 heterocycles. The molecule has 0 N–H and O–H groups in total. The molecule has 0 amide bonds. The molecule has 0 radical (unpaired) electrons. The number of hydrogen-bond donors (Lipinski definition) is 0. The third-order valence-electron chi connectivity index (χ3n) is 3.59. The highest BCUT2D eigenvalue weighted by atomic mass is 16.5. The van der Waals surface area contributed by atoms with Crippen LogP contribution in [-0.4, -0.2) is 30.4 Å². The molecule has 0 aliphatic heterocycles. The molecule has 0 saturated carbocycles. The van der Waals surface area contributed by atoms with E-state index in [2.05, 4.69) is 0 Å². The first-order valence-electron chi connectivity index (χ1n) is 8.15. The number of carbonyl (C=O) groups is 3. The lowest BCUT2D eigenvalue weighted by Crippen LogP contribution is -2.14. The highest BCUT2D eigenvalue weighted by molar-refractivity contribution is 5.98. The summed E-state index contributed by atoms with van der Waals surface area (Å²) in [5, 5.41) is 0. The van der Waals surface area contributed by atoms with Gasteiger partial charge in [0.05, 0.1) is 13.0 Å². The summed E-state index contributed by atoms with van der Waals surface area (Å²) in [7, 11) is 0. The maximum absolute atomic E-state index is 11.8. The first-order chi connectivity index (χ1) is 10.6. The summed E-state index contributed by atoms with van der Waals surface area (Å²) in [5.41, 5.74) is 0.777. The first-order valence-corrected chi connectivity index (χ1v) is 8.15. The molecule has 0 aromatic heterocycles. The number of hydrogen-bond acceptors (Lipinski definition) is 5. The van der Waals surface area contributed by atoms with Crippen LogP contribution >= 0.6 is 0 Å². The van der Waals surface area contributed by atoms with Gasteiger partial charge in [-0.25, -0.2) is 0 Å². The van der Waals surface area contributed by atoms with Crippen molar-refractivity contribution in [3.63, 3.8) is 0 Å². The molecule has 124 valence electrons. The lowest BCUT2D eigenvalue weighted by atomic mass is 10.0. The van der Waals surface area contributed by atoms with Crippen LogP contribution in [0.5, 0.6) is 0 Å². The van der Waals surface area contributed by atoms with E-state index < -0.39 is 0 Å². The van der Waals surface area contributed by atoms with Gasteiger partial charge in [-0.1, -0.05) is 19.8 Å². The zero-order chi connectivity index (χ0) is 16.4. The molecule has 0 aromatic rings. The van der Waals surface area contributed by atoms with Gasteiger partial charge in [-0.3, -0.25) is 14.4 Å². The van der Waals surface area contributed by atoms with Crippen molar-refractivity contribution in [2.75, 3.05) is 6.61 Å². The van der Waals surface area contributed by atoms with Crippen LogP contribution in [0.3, 0.4) is 0 Å². The van der Waals surface area contributed by atoms with Gasteiger partial charge in [-0.2, -0.15) is 0 Å². The van der Waals surface area contributed by atoms with E-state index in [-0.39, 0.29) is 30.2 Å². The summed E-state index contributed by atoms with van der Waals surface area (Å²) in [6.07, 6.45) is 6.87. The number of unbranched alkanes of at least 4 members (excludes halogenated alkanes) is 3. The van der Waals surface area contributed by atoms with E-state index in [9.17, 15) is 14.4 Å². The average Bonchev–Trinajstić information content (AvgIpc) is 2.82. The maximum atomic E-state index is 11.8. The van der Waals surface area contributed by atoms with Crippen molar-refractivity contribution in [3.8, 4) is 0 Å². The fraction of sp³-hybridized carbons (Fsp3) is 0.706. The predicted octanol–water partition coefficient (Wildman–Crippen LogP) is 3.11. The van der Waals surface area contributed by atoms with E-state index in [0.717, 1.165) is 37.7 Å². The van der Waals surface area contributed by atoms with Gasteiger partial charge in [0, 0.05) is 12.8 Å². The molecule has 0 bridgehead atoms. The Morgan fingerprint density at radius 3 is 2.55 bits per heavy atom. The van der Waals surface area contributed by atoms with E-state index >= 15 is 0 Å². The molecule has 0 saturated heterocycles. The number of allylic oxidation sites excluding steroid dienone is 1. The van der Waals surface area contributed by atoms with Gasteiger partial charge >= 0.3 is 11.9 Å². The molecule has 5 nitrogen and oxygen atoms in total. The van der Waals surface area contributed by atoms with Gasteiger partial charge in [-0.15, -0.1) is 0 Å². The number of esters is 2. The molecule has 1 aliphatic rings. The second kappa shape index (κ2) is 10.1. The van der Waals surface area contributed by atoms with Crippen LogP contribution in [0.25, 0.3) is 0 Å². The Labute approximate surface area is 132 Å². The molecule has 0 fully saturated rings. The molecule has 1 atom stereocenters. The van der Waals surface area contributed by atoms with Crippen molar-refractivity contribution in [2.24, 2.45) is 0 Å². The molecule has 22 heavy (non-hydrogen) atoms. The molecule has 0 aromatic carbocycles. The normalized spacial score (nSPS) is 17.3. The van der Waals surface area contributed by atoms with Gasteiger partial charge in [0.2, 0.25) is 0 Å². The molecule has 1 aliphatic carbocycles. The average molecular weight is 310 g/mol. The largest absolute Gasteiger partial charge is 0.466 e. The summed E-state index contributed by atoms with van der Waals surface area (Å²) in [6, 6.07) is 0. The fourth-order valence-corrected chi connectivity index (χ4v) is 2.41. The number of ether oxygens (including phenoxy) is 2.